The zero-order valence-corrected chi connectivity index (χ0v) is 31.3. The van der Waals surface area contributed by atoms with Crippen LogP contribution in [-0.2, 0) is 43.9 Å². The van der Waals surface area contributed by atoms with Crippen LogP contribution in [0.15, 0.2) is 82.6 Å². The summed E-state index contributed by atoms with van der Waals surface area (Å²) in [5.74, 6) is 0.549. The maximum atomic E-state index is 14.2. The lowest BCUT2D eigenvalue weighted by molar-refractivity contribution is -0.0452. The van der Waals surface area contributed by atoms with Gasteiger partial charge >= 0.3 is 20.2 Å². The lowest BCUT2D eigenvalue weighted by Crippen LogP contribution is -2.64. The molecule has 54 heavy (non-hydrogen) atoms. The van der Waals surface area contributed by atoms with Gasteiger partial charge in [-0.1, -0.05) is 48.6 Å². The van der Waals surface area contributed by atoms with Crippen molar-refractivity contribution in [2.75, 3.05) is 27.2 Å². The van der Waals surface area contributed by atoms with Crippen LogP contribution in [0.4, 0.5) is 0 Å². The minimum absolute atomic E-state index is 0.0646. The average Bonchev–Trinajstić information content (AvgIpc) is 3.69. The Kier molecular flexibility index (Phi) is 6.74. The highest BCUT2D eigenvalue weighted by Gasteiger charge is 2.66. The maximum absolute atomic E-state index is 14.2. The predicted molar refractivity (Wildman–Crippen MR) is 194 cm³/mol. The van der Waals surface area contributed by atoms with Gasteiger partial charge in [-0.15, -0.1) is 0 Å². The van der Waals surface area contributed by atoms with Crippen molar-refractivity contribution in [1.82, 2.24) is 9.80 Å². The van der Waals surface area contributed by atoms with E-state index in [9.17, 15) is 27.0 Å². The lowest BCUT2D eigenvalue weighted by Gasteiger charge is -2.56. The zero-order valence-electron chi connectivity index (χ0n) is 29.7. The van der Waals surface area contributed by atoms with Crippen molar-refractivity contribution in [3.8, 4) is 23.0 Å². The summed E-state index contributed by atoms with van der Waals surface area (Å²) in [6.45, 7) is 1.59. The van der Waals surface area contributed by atoms with Crippen molar-refractivity contribution in [3.05, 3.63) is 95.1 Å². The fourth-order valence-corrected chi connectivity index (χ4v) is 14.4. The molecule has 4 heterocycles. The Hall–Kier alpha value is -3.92. The molecule has 10 atom stereocenters. The number of hydrogen-bond acceptors (Lipinski definition) is 12. The van der Waals surface area contributed by atoms with Gasteiger partial charge in [-0.2, -0.15) is 16.8 Å². The SMILES string of the molecule is CN1CC[C@]23c4c5ccc(OS(=O)(=O)c6ccccc6S(=O)(=O)Oc6ccc7c8c6O[C@H]6[C@@H](O)C=C[C@H]9[C@@H](C7)N(C)CC[C@@]896)c4O[C@H]2[C@@H](O)C=C[C@H]3[C@H]1C5. The van der Waals surface area contributed by atoms with E-state index in [1.165, 1.54) is 24.3 Å². The van der Waals surface area contributed by atoms with Crippen molar-refractivity contribution >= 4 is 20.2 Å². The zero-order chi connectivity index (χ0) is 37.1. The van der Waals surface area contributed by atoms with Gasteiger partial charge in [0.25, 0.3) is 0 Å². The highest BCUT2D eigenvalue weighted by atomic mass is 32.2. The van der Waals surface area contributed by atoms with E-state index in [0.717, 1.165) is 61.0 Å². The molecule has 282 valence electrons. The van der Waals surface area contributed by atoms with E-state index in [0.29, 0.717) is 0 Å². The molecule has 0 saturated carbocycles. The Bertz CT molecular complexity index is 2280. The summed E-state index contributed by atoms with van der Waals surface area (Å²) < 4.78 is 81.4. The second-order valence-electron chi connectivity index (χ2n) is 16.3. The van der Waals surface area contributed by atoms with Crippen LogP contribution in [0.5, 0.6) is 23.0 Å². The molecule has 2 spiro atoms. The first-order valence-electron chi connectivity index (χ1n) is 18.6. The van der Waals surface area contributed by atoms with Crippen molar-refractivity contribution in [2.45, 2.75) is 82.8 Å². The standard InChI is InChI=1S/C40H40N2O10S2/c1-41-17-15-39-23-9-11-27(43)37(39)49-35-29(13-7-21(33(35)39)19-25(23)41)51-53(45,46)31-5-3-4-6-32(31)54(47,48)52-30-14-8-22-20-26-24-10-12-28(44)38-40(24,16-18-42(26)2)34(22)36(30)50-38/h3-14,23-28,37-38,43-44H,15-20H2,1-2H3/t23-,24-,25+,26+,27-,28-,37-,38-,39-,40-/m0/s1. The Morgan fingerprint density at radius 3 is 1.50 bits per heavy atom. The quantitative estimate of drug-likeness (QED) is 0.280. The second-order valence-corrected chi connectivity index (χ2v) is 19.4. The molecule has 2 N–H and O–H groups in total. The number of piperidine rings is 2. The van der Waals surface area contributed by atoms with Crippen LogP contribution in [0.25, 0.3) is 0 Å². The molecule has 0 amide bonds. The number of nitrogens with zero attached hydrogens (tertiary/aromatic N) is 2. The monoisotopic (exact) mass is 772 g/mol. The number of rotatable bonds is 6. The second kappa shape index (κ2) is 10.9. The molecular weight excluding hydrogens is 733 g/mol. The van der Waals surface area contributed by atoms with Crippen LogP contribution < -0.4 is 17.8 Å². The van der Waals surface area contributed by atoms with Crippen LogP contribution in [-0.4, -0.2) is 101 Å². The van der Waals surface area contributed by atoms with Crippen molar-refractivity contribution < 1.29 is 44.9 Å². The normalized spacial score (nSPS) is 36.5. The van der Waals surface area contributed by atoms with Gasteiger partial charge in [-0.25, -0.2) is 0 Å². The molecule has 0 unspecified atom stereocenters. The summed E-state index contributed by atoms with van der Waals surface area (Å²) in [6, 6.07) is 12.4. The van der Waals surface area contributed by atoms with E-state index < -0.39 is 65.3 Å². The molecule has 8 aliphatic rings. The first-order chi connectivity index (χ1) is 25.8. The molecule has 14 heteroatoms. The maximum Gasteiger partial charge on any atom is 0.340 e. The number of benzene rings is 3. The molecule has 2 saturated heterocycles. The third-order valence-corrected chi connectivity index (χ3v) is 16.8. The molecule has 4 bridgehead atoms. The summed E-state index contributed by atoms with van der Waals surface area (Å²) in [4.78, 5) is 3.48. The van der Waals surface area contributed by atoms with Crippen LogP contribution in [0.3, 0.4) is 0 Å². The minimum atomic E-state index is -4.79. The third kappa shape index (κ3) is 4.11. The molecule has 4 aliphatic carbocycles. The van der Waals surface area contributed by atoms with E-state index >= 15 is 0 Å². The summed E-state index contributed by atoms with van der Waals surface area (Å²) in [7, 11) is -5.37. The third-order valence-electron chi connectivity index (χ3n) is 14.1. The van der Waals surface area contributed by atoms with Crippen LogP contribution in [0.2, 0.25) is 0 Å². The van der Waals surface area contributed by atoms with E-state index in [2.05, 4.69) is 36.0 Å². The van der Waals surface area contributed by atoms with Crippen molar-refractivity contribution in [3.63, 3.8) is 0 Å². The van der Waals surface area contributed by atoms with Crippen LogP contribution in [0, 0.1) is 11.8 Å². The summed E-state index contributed by atoms with van der Waals surface area (Å²) in [5, 5.41) is 22.3. The smallest absolute Gasteiger partial charge is 0.340 e. The molecule has 12 nitrogen and oxygen atoms in total. The van der Waals surface area contributed by atoms with E-state index in [-0.39, 0.29) is 46.9 Å². The average molecular weight is 773 g/mol. The van der Waals surface area contributed by atoms with Crippen molar-refractivity contribution in [2.24, 2.45) is 11.8 Å². The molecule has 3 aromatic rings. The first-order valence-corrected chi connectivity index (χ1v) is 21.4. The van der Waals surface area contributed by atoms with Crippen molar-refractivity contribution in [1.29, 1.82) is 0 Å². The Labute approximate surface area is 313 Å². The summed E-state index contributed by atoms with van der Waals surface area (Å²) in [5.41, 5.74) is 2.70. The minimum Gasteiger partial charge on any atom is -0.482 e. The van der Waals surface area contributed by atoms with Gasteiger partial charge in [0.2, 0.25) is 0 Å². The van der Waals surface area contributed by atoms with Gasteiger partial charge in [0, 0.05) is 45.9 Å². The lowest BCUT2D eigenvalue weighted by atomic mass is 9.53. The number of ether oxygens (including phenoxy) is 2. The highest BCUT2D eigenvalue weighted by Crippen LogP contribution is 2.64. The predicted octanol–water partition coefficient (Wildman–Crippen LogP) is 2.83. The molecule has 4 aliphatic heterocycles. The highest BCUT2D eigenvalue weighted by molar-refractivity contribution is 7.90. The fraction of sp³-hybridized carbons (Fsp3) is 0.450. The van der Waals surface area contributed by atoms with E-state index in [1.54, 1.807) is 24.3 Å². The Morgan fingerprint density at radius 1 is 0.648 bits per heavy atom. The van der Waals surface area contributed by atoms with Gasteiger partial charge in [-0.3, -0.25) is 0 Å². The van der Waals surface area contributed by atoms with Gasteiger partial charge in [-0.05, 0) is 88.3 Å². The van der Waals surface area contributed by atoms with Crippen LogP contribution in [0.1, 0.15) is 35.1 Å². The topological polar surface area (TPSA) is 152 Å². The largest absolute Gasteiger partial charge is 0.482 e. The molecule has 0 radical (unpaired) electrons. The van der Waals surface area contributed by atoms with Gasteiger partial charge < -0.3 is 37.9 Å². The summed E-state index contributed by atoms with van der Waals surface area (Å²) in [6.07, 6.45) is 7.58. The number of likely N-dealkylation sites (tertiary alicyclic amines) is 2. The molecular formula is C40H40N2O10S2. The number of likely N-dealkylation sites (N-methyl/N-ethyl adjacent to an activating group) is 2. The molecule has 0 aromatic heterocycles. The molecule has 11 rings (SSSR count). The Morgan fingerprint density at radius 2 is 1.07 bits per heavy atom. The number of aliphatic hydroxyl groups is 2. The first kappa shape index (κ1) is 33.4. The number of hydrogen-bond donors (Lipinski definition) is 2. The molecule has 2 fully saturated rings. The van der Waals surface area contributed by atoms with E-state index in [1.807, 2.05) is 12.1 Å². The van der Waals surface area contributed by atoms with Gasteiger partial charge in [0.05, 0.1) is 0 Å². The fourth-order valence-electron chi connectivity index (χ4n) is 11.8. The molecule has 3 aromatic carbocycles. The van der Waals surface area contributed by atoms with E-state index in [4.69, 9.17) is 17.8 Å². The number of aliphatic hydroxyl groups excluding tert-OH is 2. The van der Waals surface area contributed by atoms with Crippen LogP contribution >= 0.6 is 0 Å². The Balaban J connectivity index is 0.954. The van der Waals surface area contributed by atoms with Gasteiger partial charge in [0.1, 0.15) is 34.2 Å². The van der Waals surface area contributed by atoms with Gasteiger partial charge in [0.15, 0.2) is 23.0 Å². The summed E-state index contributed by atoms with van der Waals surface area (Å²) >= 11 is 0.